The van der Waals surface area contributed by atoms with Crippen LogP contribution in [-0.2, 0) is 29.5 Å². The Kier molecular flexibility index (Phi) is 10.2. The van der Waals surface area contributed by atoms with Crippen LogP contribution in [0.3, 0.4) is 0 Å². The SMILES string of the molecule is Cc1noc(C)c1-c1ccc2c(CCN)cn(CC(C)CCC(C)S(=O)(=O)n3cc(-c4cn(CC(C)C)c5cc(-c6ccccc6)ccc45)cn3)c2c1. The summed E-state index contributed by atoms with van der Waals surface area (Å²) in [4.78, 5) is 0. The maximum Gasteiger partial charge on any atom is 0.256 e. The van der Waals surface area contributed by atoms with Crippen molar-refractivity contribution in [2.45, 2.75) is 79.1 Å². The van der Waals surface area contributed by atoms with Gasteiger partial charge in [0.25, 0.3) is 10.0 Å². The highest BCUT2D eigenvalue weighted by molar-refractivity contribution is 7.90. The fourth-order valence-electron chi connectivity index (χ4n) is 7.66. The van der Waals surface area contributed by atoms with Crippen LogP contribution in [0.15, 0.2) is 96.0 Å². The molecule has 2 N–H and O–H groups in total. The van der Waals surface area contributed by atoms with Crippen LogP contribution in [-0.4, -0.2) is 43.7 Å². The number of aryl methyl sites for hydroxylation is 2. The summed E-state index contributed by atoms with van der Waals surface area (Å²) in [6.07, 6.45) is 9.76. The van der Waals surface area contributed by atoms with Gasteiger partial charge in [-0.3, -0.25) is 0 Å². The van der Waals surface area contributed by atoms with Gasteiger partial charge >= 0.3 is 0 Å². The lowest BCUT2D eigenvalue weighted by Crippen LogP contribution is -2.26. The lowest BCUT2D eigenvalue weighted by atomic mass is 10.0. The molecule has 7 rings (SSSR count). The zero-order valence-electron chi connectivity index (χ0n) is 31.6. The summed E-state index contributed by atoms with van der Waals surface area (Å²) in [5.41, 5.74) is 16.5. The molecule has 4 heterocycles. The average Bonchev–Trinajstić information content (AvgIpc) is 3.93. The van der Waals surface area contributed by atoms with Gasteiger partial charge in [-0.1, -0.05) is 80.5 Å². The van der Waals surface area contributed by atoms with E-state index in [0.717, 1.165) is 87.2 Å². The number of fused-ring (bicyclic) bond motifs is 2. The van der Waals surface area contributed by atoms with E-state index in [9.17, 15) is 8.42 Å². The standard InChI is InChI=1S/C43H50N6O3S/c1-28(2)23-47-27-40(39-17-14-34(20-42(39)47)33-10-8-7-9-11-33)37-22-45-49(26-37)53(50,51)30(4)13-12-29(3)24-48-25-36(18-19-44)38-16-15-35(21-41(38)48)43-31(5)46-52-32(43)6/h7-11,14-17,20-22,25-30H,12-13,18-19,23-24,44H2,1-6H3. The van der Waals surface area contributed by atoms with Crippen LogP contribution in [0, 0.1) is 25.7 Å². The van der Waals surface area contributed by atoms with Crippen molar-refractivity contribution in [1.82, 2.24) is 23.5 Å². The molecule has 0 aliphatic rings. The van der Waals surface area contributed by atoms with Gasteiger partial charge in [0, 0.05) is 64.0 Å². The van der Waals surface area contributed by atoms with Crippen molar-refractivity contribution in [2.75, 3.05) is 6.54 Å². The van der Waals surface area contributed by atoms with E-state index in [2.05, 4.69) is 113 Å². The van der Waals surface area contributed by atoms with Crippen LogP contribution < -0.4 is 5.73 Å². The highest BCUT2D eigenvalue weighted by Crippen LogP contribution is 2.35. The van der Waals surface area contributed by atoms with Crippen LogP contribution in [0.25, 0.3) is 55.2 Å². The molecule has 0 amide bonds. The molecule has 0 saturated heterocycles. The van der Waals surface area contributed by atoms with Crippen molar-refractivity contribution >= 4 is 31.8 Å². The van der Waals surface area contributed by atoms with Gasteiger partial charge in [0.2, 0.25) is 0 Å². The summed E-state index contributed by atoms with van der Waals surface area (Å²) in [5, 5.41) is 10.2. The monoisotopic (exact) mass is 730 g/mol. The van der Waals surface area contributed by atoms with Gasteiger partial charge in [-0.25, -0.2) is 8.42 Å². The summed E-state index contributed by atoms with van der Waals surface area (Å²) in [5.74, 6) is 1.48. The van der Waals surface area contributed by atoms with Crippen LogP contribution in [0.1, 0.15) is 57.6 Å². The van der Waals surface area contributed by atoms with Crippen molar-refractivity contribution in [3.63, 3.8) is 0 Å². The second kappa shape index (κ2) is 14.8. The lowest BCUT2D eigenvalue weighted by Gasteiger charge is -2.17. The van der Waals surface area contributed by atoms with Crippen molar-refractivity contribution in [3.05, 3.63) is 109 Å². The summed E-state index contributed by atoms with van der Waals surface area (Å²) in [7, 11) is -3.72. The van der Waals surface area contributed by atoms with E-state index in [0.29, 0.717) is 18.9 Å². The van der Waals surface area contributed by atoms with Crippen molar-refractivity contribution < 1.29 is 12.9 Å². The first-order valence-electron chi connectivity index (χ1n) is 18.7. The molecule has 3 aromatic carbocycles. The first kappa shape index (κ1) is 36.4. The molecule has 0 spiro atoms. The molecule has 10 heteroatoms. The minimum Gasteiger partial charge on any atom is -0.361 e. The second-order valence-electron chi connectivity index (χ2n) is 15.1. The predicted molar refractivity (Wildman–Crippen MR) is 215 cm³/mol. The summed E-state index contributed by atoms with van der Waals surface area (Å²) < 4.78 is 39.0. The quantitative estimate of drug-likeness (QED) is 0.119. The third-order valence-electron chi connectivity index (χ3n) is 10.5. The second-order valence-corrected chi connectivity index (χ2v) is 17.3. The minimum absolute atomic E-state index is 0.234. The molecule has 0 radical (unpaired) electrons. The molecule has 53 heavy (non-hydrogen) atoms. The van der Waals surface area contributed by atoms with Gasteiger partial charge in [0.15, 0.2) is 0 Å². The Morgan fingerprint density at radius 1 is 0.774 bits per heavy atom. The number of benzene rings is 3. The summed E-state index contributed by atoms with van der Waals surface area (Å²) >= 11 is 0. The van der Waals surface area contributed by atoms with E-state index in [4.69, 9.17) is 10.3 Å². The number of hydrogen-bond acceptors (Lipinski definition) is 6. The molecular weight excluding hydrogens is 681 g/mol. The van der Waals surface area contributed by atoms with Crippen molar-refractivity contribution in [3.8, 4) is 33.4 Å². The average molecular weight is 731 g/mol. The molecule has 2 atom stereocenters. The van der Waals surface area contributed by atoms with Gasteiger partial charge in [0.05, 0.1) is 23.3 Å². The number of nitrogens with zero attached hydrogens (tertiary/aromatic N) is 5. The Labute approximate surface area is 312 Å². The van der Waals surface area contributed by atoms with E-state index in [1.54, 1.807) is 19.3 Å². The lowest BCUT2D eigenvalue weighted by molar-refractivity contribution is 0.393. The third-order valence-corrected chi connectivity index (χ3v) is 12.4. The molecule has 0 fully saturated rings. The van der Waals surface area contributed by atoms with Crippen LogP contribution >= 0.6 is 0 Å². The largest absolute Gasteiger partial charge is 0.361 e. The molecule has 2 unspecified atom stereocenters. The maximum atomic E-state index is 13.9. The van der Waals surface area contributed by atoms with E-state index in [1.807, 2.05) is 19.9 Å². The molecule has 9 nitrogen and oxygen atoms in total. The number of aromatic nitrogens is 5. The molecular formula is C43H50N6O3S. The van der Waals surface area contributed by atoms with Crippen LogP contribution in [0.2, 0.25) is 0 Å². The van der Waals surface area contributed by atoms with Gasteiger partial charge in [0.1, 0.15) is 5.76 Å². The highest BCUT2D eigenvalue weighted by atomic mass is 32.2. The number of nitrogens with two attached hydrogens (primary N) is 1. The first-order chi connectivity index (χ1) is 25.4. The topological polar surface area (TPSA) is 114 Å². The fourth-order valence-corrected chi connectivity index (χ4v) is 8.91. The molecule has 0 aliphatic carbocycles. The molecule has 276 valence electrons. The molecule has 4 aromatic heterocycles. The molecule has 7 aromatic rings. The minimum atomic E-state index is -3.72. The maximum absolute atomic E-state index is 13.9. The van der Waals surface area contributed by atoms with Gasteiger partial charge in [-0.2, -0.15) is 9.19 Å². The first-order valence-corrected chi connectivity index (χ1v) is 20.2. The van der Waals surface area contributed by atoms with Gasteiger partial charge < -0.3 is 19.4 Å². The van der Waals surface area contributed by atoms with E-state index in [1.165, 1.54) is 15.0 Å². The summed E-state index contributed by atoms with van der Waals surface area (Å²) in [6.45, 7) is 14.5. The van der Waals surface area contributed by atoms with Crippen molar-refractivity contribution in [1.29, 1.82) is 0 Å². The van der Waals surface area contributed by atoms with Crippen LogP contribution in [0.5, 0.6) is 0 Å². The fraction of sp³-hybridized carbons (Fsp3) is 0.349. The molecule has 0 bridgehead atoms. The predicted octanol–water partition coefficient (Wildman–Crippen LogP) is 9.24. The summed E-state index contributed by atoms with van der Waals surface area (Å²) in [6, 6.07) is 23.4. The zero-order valence-corrected chi connectivity index (χ0v) is 32.4. The normalized spacial score (nSPS) is 13.4. The molecule has 0 saturated carbocycles. The number of rotatable bonds is 14. The number of hydrogen-bond donors (Lipinski definition) is 1. The van der Waals surface area contributed by atoms with Crippen LogP contribution in [0.4, 0.5) is 0 Å². The Morgan fingerprint density at radius 3 is 2.19 bits per heavy atom. The highest BCUT2D eigenvalue weighted by Gasteiger charge is 2.26. The van der Waals surface area contributed by atoms with Crippen molar-refractivity contribution in [2.24, 2.45) is 17.6 Å². The van der Waals surface area contributed by atoms with Gasteiger partial charge in [-0.05, 0) is 92.8 Å². The van der Waals surface area contributed by atoms with E-state index in [-0.39, 0.29) is 5.92 Å². The Balaban J connectivity index is 1.09. The molecule has 0 aliphatic heterocycles. The van der Waals surface area contributed by atoms with Gasteiger partial charge in [-0.15, -0.1) is 0 Å². The smallest absolute Gasteiger partial charge is 0.256 e. The van der Waals surface area contributed by atoms with E-state index < -0.39 is 15.3 Å². The zero-order chi connectivity index (χ0) is 37.4. The van der Waals surface area contributed by atoms with E-state index >= 15 is 0 Å². The Morgan fingerprint density at radius 2 is 1.47 bits per heavy atom. The Bertz CT molecular complexity index is 2470. The third kappa shape index (κ3) is 7.22. The Hall–Kier alpha value is -4.93.